The number of methoxy groups -OCH3 is 1. The first kappa shape index (κ1) is 25.6. The van der Waals surface area contributed by atoms with E-state index in [1.54, 1.807) is 20.4 Å². The molecule has 1 aliphatic rings. The van der Waals surface area contributed by atoms with Crippen molar-refractivity contribution >= 4 is 22.9 Å². The molecule has 2 N–H and O–H groups in total. The number of nitrogens with zero attached hydrogens (tertiary/aromatic N) is 6. The van der Waals surface area contributed by atoms with Crippen LogP contribution in [0.2, 0.25) is 0 Å². The van der Waals surface area contributed by atoms with Crippen LogP contribution in [0.25, 0.3) is 22.6 Å². The zero-order chi connectivity index (χ0) is 26.5. The number of morpholine rings is 1. The van der Waals surface area contributed by atoms with Gasteiger partial charge in [-0.1, -0.05) is 12.1 Å². The smallest absolute Gasteiger partial charge is 0.251 e. The van der Waals surface area contributed by atoms with Gasteiger partial charge >= 0.3 is 0 Å². The molecule has 0 atom stereocenters. The van der Waals surface area contributed by atoms with Crippen molar-refractivity contribution in [3.8, 4) is 17.3 Å². The molecule has 4 aromatic rings. The van der Waals surface area contributed by atoms with Crippen LogP contribution < -0.4 is 20.3 Å². The quantitative estimate of drug-likeness (QED) is 0.346. The number of fused-ring (bicyclic) bond motifs is 1. The average molecular weight is 517 g/mol. The number of ether oxygens (including phenoxy) is 2. The van der Waals surface area contributed by atoms with E-state index in [4.69, 9.17) is 24.4 Å². The van der Waals surface area contributed by atoms with Crippen LogP contribution in [0.1, 0.15) is 28.7 Å². The van der Waals surface area contributed by atoms with Gasteiger partial charge in [0.1, 0.15) is 5.82 Å². The largest absolute Gasteiger partial charge is 0.481 e. The van der Waals surface area contributed by atoms with E-state index >= 15 is 0 Å². The highest BCUT2D eigenvalue weighted by Gasteiger charge is 2.23. The van der Waals surface area contributed by atoms with Gasteiger partial charge in [-0.2, -0.15) is 0 Å². The van der Waals surface area contributed by atoms with E-state index in [1.807, 2.05) is 36.4 Å². The minimum atomic E-state index is -0.0943. The van der Waals surface area contributed by atoms with E-state index in [9.17, 15) is 4.79 Å². The summed E-state index contributed by atoms with van der Waals surface area (Å²) in [5, 5.41) is 6.13. The molecule has 3 aromatic heterocycles. The Kier molecular flexibility index (Phi) is 7.75. The van der Waals surface area contributed by atoms with Crippen LogP contribution in [-0.4, -0.2) is 70.9 Å². The number of imidazole rings is 1. The number of hydrogen-bond donors (Lipinski definition) is 2. The first-order chi connectivity index (χ1) is 18.6. The van der Waals surface area contributed by atoms with E-state index in [1.165, 1.54) is 0 Å². The number of rotatable bonds is 9. The van der Waals surface area contributed by atoms with E-state index in [2.05, 4.69) is 32.0 Å². The van der Waals surface area contributed by atoms with Gasteiger partial charge in [-0.15, -0.1) is 0 Å². The van der Waals surface area contributed by atoms with E-state index in [0.29, 0.717) is 50.1 Å². The van der Waals surface area contributed by atoms with Gasteiger partial charge in [-0.25, -0.2) is 19.9 Å². The molecule has 1 saturated heterocycles. The predicted octanol–water partition coefficient (Wildman–Crippen LogP) is 2.40. The Morgan fingerprint density at radius 2 is 1.84 bits per heavy atom. The molecular weight excluding hydrogens is 484 g/mol. The fraction of sp³-hybridized carbons (Fsp3) is 0.370. The minimum Gasteiger partial charge on any atom is -0.481 e. The highest BCUT2D eigenvalue weighted by Crippen LogP contribution is 2.29. The van der Waals surface area contributed by atoms with Gasteiger partial charge in [-0.3, -0.25) is 4.79 Å². The van der Waals surface area contributed by atoms with Crippen LogP contribution in [0.5, 0.6) is 5.88 Å². The molecule has 0 aliphatic carbocycles. The lowest BCUT2D eigenvalue weighted by atomic mass is 10.1. The van der Waals surface area contributed by atoms with Crippen LogP contribution in [0.15, 0.2) is 42.6 Å². The second kappa shape index (κ2) is 11.5. The van der Waals surface area contributed by atoms with Crippen molar-refractivity contribution < 1.29 is 14.3 Å². The number of nitrogens with one attached hydrogen (secondary N) is 2. The number of hydrogen-bond acceptors (Lipinski definition) is 9. The maximum absolute atomic E-state index is 11.8. The summed E-state index contributed by atoms with van der Waals surface area (Å²) in [5.41, 5.74) is 4.11. The number of amides is 1. The van der Waals surface area contributed by atoms with Crippen LogP contribution >= 0.6 is 0 Å². The maximum Gasteiger partial charge on any atom is 0.251 e. The number of benzene rings is 1. The van der Waals surface area contributed by atoms with E-state index < -0.39 is 0 Å². The third kappa shape index (κ3) is 5.29. The molecule has 1 amide bonds. The Morgan fingerprint density at radius 3 is 2.50 bits per heavy atom. The summed E-state index contributed by atoms with van der Waals surface area (Å²) in [6, 6.07) is 11.3. The van der Waals surface area contributed by atoms with Gasteiger partial charge < -0.3 is 29.6 Å². The van der Waals surface area contributed by atoms with Crippen LogP contribution in [0.4, 0.5) is 5.82 Å². The first-order valence-corrected chi connectivity index (χ1v) is 12.7. The minimum absolute atomic E-state index is 0.0943. The molecule has 0 unspecified atom stereocenters. The number of carbonyl (C=O) groups is 1. The molecule has 1 aliphatic heterocycles. The van der Waals surface area contributed by atoms with Crippen LogP contribution in [0.3, 0.4) is 0 Å². The van der Waals surface area contributed by atoms with E-state index in [-0.39, 0.29) is 5.91 Å². The van der Waals surface area contributed by atoms with Gasteiger partial charge in [0.25, 0.3) is 5.91 Å². The van der Waals surface area contributed by atoms with Gasteiger partial charge in [0.15, 0.2) is 22.8 Å². The second-order valence-electron chi connectivity index (χ2n) is 8.88. The molecule has 1 fully saturated rings. The molecular formula is C27H32N8O3. The second-order valence-corrected chi connectivity index (χ2v) is 8.88. The van der Waals surface area contributed by atoms with Gasteiger partial charge in [-0.05, 0) is 30.7 Å². The predicted molar refractivity (Wildman–Crippen MR) is 144 cm³/mol. The lowest BCUT2D eigenvalue weighted by molar-refractivity contribution is 0.0963. The maximum atomic E-state index is 11.8. The Balaban J connectivity index is 1.45. The summed E-state index contributed by atoms with van der Waals surface area (Å²) in [4.78, 5) is 33.2. The van der Waals surface area contributed by atoms with Crippen molar-refractivity contribution in [2.45, 2.75) is 26.6 Å². The highest BCUT2D eigenvalue weighted by molar-refractivity contribution is 5.94. The zero-order valence-corrected chi connectivity index (χ0v) is 21.9. The van der Waals surface area contributed by atoms with Gasteiger partial charge in [0.05, 0.1) is 26.9 Å². The van der Waals surface area contributed by atoms with E-state index in [0.717, 1.165) is 47.0 Å². The number of anilines is 1. The first-order valence-electron chi connectivity index (χ1n) is 12.7. The lowest BCUT2D eigenvalue weighted by Crippen LogP contribution is -2.37. The summed E-state index contributed by atoms with van der Waals surface area (Å²) in [7, 11) is 3.22. The Labute approximate surface area is 221 Å². The molecule has 198 valence electrons. The summed E-state index contributed by atoms with van der Waals surface area (Å²) >= 11 is 0. The molecule has 0 saturated carbocycles. The number of aryl methyl sites for hydroxylation is 1. The molecule has 11 nitrogen and oxygen atoms in total. The van der Waals surface area contributed by atoms with Crippen LogP contribution in [0, 0.1) is 0 Å². The Hall–Kier alpha value is -4.09. The van der Waals surface area contributed by atoms with Gasteiger partial charge in [0.2, 0.25) is 5.88 Å². The van der Waals surface area contributed by atoms with Crippen molar-refractivity contribution in [3.63, 3.8) is 0 Å². The third-order valence-corrected chi connectivity index (χ3v) is 6.54. The number of aromatic nitrogens is 5. The summed E-state index contributed by atoms with van der Waals surface area (Å²) in [5.74, 6) is 2.74. The number of carbonyl (C=O) groups excluding carboxylic acids is 1. The zero-order valence-electron chi connectivity index (χ0n) is 21.9. The molecule has 38 heavy (non-hydrogen) atoms. The fourth-order valence-electron chi connectivity index (χ4n) is 4.49. The standard InChI is InChI=1S/C27H32N8O3/c1-4-35-21(17-29-15-18-5-7-19(8-6-18)27(36)28-2)31-23-25(34-11-13-38-14-12-34)32-24(33-26(23)35)20-9-10-22(37-3)30-16-20/h5-10,16,29H,4,11-15,17H2,1-3H3,(H,28,36). The molecule has 4 heterocycles. The van der Waals surface area contributed by atoms with Crippen LogP contribution in [-0.2, 0) is 24.4 Å². The van der Waals surface area contributed by atoms with Crippen molar-refractivity contribution in [2.75, 3.05) is 45.4 Å². The monoisotopic (exact) mass is 516 g/mol. The fourth-order valence-corrected chi connectivity index (χ4v) is 4.49. The number of pyridine rings is 1. The Bertz CT molecular complexity index is 1400. The summed E-state index contributed by atoms with van der Waals surface area (Å²) in [6.07, 6.45) is 1.73. The molecule has 0 radical (unpaired) electrons. The SMILES string of the molecule is CCn1c(CNCc2ccc(C(=O)NC)cc2)nc2c(N3CCOCC3)nc(-c3ccc(OC)nc3)nc21. The third-order valence-electron chi connectivity index (χ3n) is 6.54. The Morgan fingerprint density at radius 1 is 1.05 bits per heavy atom. The summed E-state index contributed by atoms with van der Waals surface area (Å²) < 4.78 is 12.9. The summed E-state index contributed by atoms with van der Waals surface area (Å²) in [6.45, 7) is 6.78. The van der Waals surface area contributed by atoms with Crippen molar-refractivity contribution in [1.82, 2.24) is 35.1 Å². The average Bonchev–Trinajstić information content (AvgIpc) is 3.34. The molecule has 0 bridgehead atoms. The van der Waals surface area contributed by atoms with Crippen molar-refractivity contribution in [2.24, 2.45) is 0 Å². The molecule has 0 spiro atoms. The molecule has 5 rings (SSSR count). The lowest BCUT2D eigenvalue weighted by Gasteiger charge is -2.28. The van der Waals surface area contributed by atoms with Gasteiger partial charge in [0, 0.05) is 56.6 Å². The van der Waals surface area contributed by atoms with Crippen molar-refractivity contribution in [3.05, 3.63) is 59.5 Å². The molecule has 1 aromatic carbocycles. The van der Waals surface area contributed by atoms with Crippen molar-refractivity contribution in [1.29, 1.82) is 0 Å². The highest BCUT2D eigenvalue weighted by atomic mass is 16.5. The molecule has 11 heteroatoms. The topological polar surface area (TPSA) is 119 Å². The normalized spacial score (nSPS) is 13.6.